The molecule has 0 unspecified atom stereocenters. The summed E-state index contributed by atoms with van der Waals surface area (Å²) in [5.74, 6) is -0.370. The van der Waals surface area contributed by atoms with E-state index in [0.717, 1.165) is 5.56 Å². The monoisotopic (exact) mass is 719 g/mol. The maximum absolute atomic E-state index is 14.3. The zero-order valence-corrected chi connectivity index (χ0v) is 30.0. The lowest BCUT2D eigenvalue weighted by Crippen LogP contribution is -2.51. The molecule has 0 radical (unpaired) electrons. The fourth-order valence-electron chi connectivity index (χ4n) is 6.89. The normalized spacial score (nSPS) is 21.8. The van der Waals surface area contributed by atoms with Crippen LogP contribution >= 0.6 is 0 Å². The zero-order chi connectivity index (χ0) is 36.4. The fraction of sp³-hybridized carbons (Fsp3) is 0.421. The van der Waals surface area contributed by atoms with Crippen molar-refractivity contribution in [3.8, 4) is 5.75 Å². The number of amides is 2. The van der Waals surface area contributed by atoms with Crippen molar-refractivity contribution in [1.82, 2.24) is 9.62 Å². The smallest absolute Gasteiger partial charge is 0.407 e. The number of aromatic hydroxyl groups is 1. The summed E-state index contributed by atoms with van der Waals surface area (Å²) in [6.07, 6.45) is -0.341. The van der Waals surface area contributed by atoms with Gasteiger partial charge in [0.2, 0.25) is 10.0 Å². The van der Waals surface area contributed by atoms with Gasteiger partial charge in [-0.2, -0.15) is 4.31 Å². The van der Waals surface area contributed by atoms with Crippen molar-refractivity contribution in [2.24, 2.45) is 11.8 Å². The number of sulfonamides is 1. The van der Waals surface area contributed by atoms with Crippen LogP contribution in [0.25, 0.3) is 11.6 Å². The number of fused-ring (bicyclic) bond motifs is 2. The highest BCUT2D eigenvalue weighted by molar-refractivity contribution is 7.89. The SMILES string of the molecule is Cc1cc(/C=C2\C(=O)Nc3ccc(S(=O)(=O)N(CC(C)C)C[C@@H](O)[C@H](Cc4ccccc4)NC(=O)O[C@H]4CO[C@H]5OCC[C@H]54)cc32)cc(C)c1O. The van der Waals surface area contributed by atoms with Gasteiger partial charge in [-0.25, -0.2) is 13.2 Å². The quantitative estimate of drug-likeness (QED) is 0.196. The maximum atomic E-state index is 14.3. The van der Waals surface area contributed by atoms with Crippen LogP contribution in [0.15, 0.2) is 65.6 Å². The van der Waals surface area contributed by atoms with Gasteiger partial charge >= 0.3 is 6.09 Å². The van der Waals surface area contributed by atoms with Gasteiger partial charge < -0.3 is 35.1 Å². The number of hydrogen-bond acceptors (Lipinski definition) is 9. The molecule has 0 aromatic heterocycles. The van der Waals surface area contributed by atoms with E-state index in [4.69, 9.17) is 14.2 Å². The highest BCUT2D eigenvalue weighted by Crippen LogP contribution is 2.37. The summed E-state index contributed by atoms with van der Waals surface area (Å²) in [5, 5.41) is 27.5. The number of rotatable bonds is 12. The third-order valence-corrected chi connectivity index (χ3v) is 11.3. The Labute approximate surface area is 298 Å². The Morgan fingerprint density at radius 3 is 2.51 bits per heavy atom. The summed E-state index contributed by atoms with van der Waals surface area (Å²) in [6.45, 7) is 7.80. The van der Waals surface area contributed by atoms with E-state index in [0.29, 0.717) is 41.0 Å². The van der Waals surface area contributed by atoms with Crippen LogP contribution in [0.5, 0.6) is 5.75 Å². The summed E-state index contributed by atoms with van der Waals surface area (Å²) < 4.78 is 46.8. The Kier molecular flexibility index (Phi) is 10.8. The zero-order valence-electron chi connectivity index (χ0n) is 29.2. The Hall–Kier alpha value is -4.27. The van der Waals surface area contributed by atoms with Crippen LogP contribution in [-0.2, 0) is 35.4 Å². The van der Waals surface area contributed by atoms with Gasteiger partial charge in [0.15, 0.2) is 6.29 Å². The number of phenols is 1. The average Bonchev–Trinajstić information content (AvgIpc) is 3.79. The standard InChI is InChI=1S/C38H45N3O9S/c1-22(2)19-41(20-33(42)32(17-25-8-6-5-7-9-25)40-38(45)50-34-21-49-37-28(34)12-13-48-37)51(46,47)27-10-11-31-29(18-27)30(36(44)39-31)16-26-14-23(3)35(43)24(4)15-26/h5-11,14-16,18,22,28,32-34,37,42-43H,12-13,17,19-21H2,1-4H3,(H,39,44)(H,40,45)/b30-16-/t28-,32-,33+,34-,37+/m0/s1. The molecule has 2 fully saturated rings. The molecule has 2 saturated heterocycles. The minimum absolute atomic E-state index is 0.0453. The van der Waals surface area contributed by atoms with Crippen LogP contribution in [0.2, 0.25) is 0 Å². The molecule has 51 heavy (non-hydrogen) atoms. The van der Waals surface area contributed by atoms with E-state index in [-0.39, 0.29) is 60.1 Å². The van der Waals surface area contributed by atoms with Crippen LogP contribution in [-0.4, -0.2) is 85.8 Å². The summed E-state index contributed by atoms with van der Waals surface area (Å²) >= 11 is 0. The number of carbonyl (C=O) groups excluding carboxylic acids is 2. The first-order valence-electron chi connectivity index (χ1n) is 17.2. The molecular weight excluding hydrogens is 674 g/mol. The van der Waals surface area contributed by atoms with Crippen molar-refractivity contribution in [2.75, 3.05) is 31.6 Å². The molecule has 13 heteroatoms. The Morgan fingerprint density at radius 1 is 1.08 bits per heavy atom. The first-order valence-corrected chi connectivity index (χ1v) is 18.6. The number of anilines is 1. The predicted molar refractivity (Wildman–Crippen MR) is 191 cm³/mol. The largest absolute Gasteiger partial charge is 0.507 e. The molecular formula is C38H45N3O9S. The molecule has 3 heterocycles. The van der Waals surface area contributed by atoms with Crippen molar-refractivity contribution < 1.29 is 42.4 Å². The molecule has 0 bridgehead atoms. The molecule has 272 valence electrons. The van der Waals surface area contributed by atoms with Crippen LogP contribution in [0.3, 0.4) is 0 Å². The van der Waals surface area contributed by atoms with E-state index in [9.17, 15) is 28.2 Å². The van der Waals surface area contributed by atoms with Crippen molar-refractivity contribution in [3.63, 3.8) is 0 Å². The van der Waals surface area contributed by atoms with Gasteiger partial charge in [-0.05, 0) is 91.3 Å². The second kappa shape index (κ2) is 15.1. The van der Waals surface area contributed by atoms with Gasteiger partial charge in [0, 0.05) is 29.9 Å². The summed E-state index contributed by atoms with van der Waals surface area (Å²) in [4.78, 5) is 26.2. The van der Waals surface area contributed by atoms with Gasteiger partial charge in [0.25, 0.3) is 5.91 Å². The molecule has 0 aliphatic carbocycles. The summed E-state index contributed by atoms with van der Waals surface area (Å²) in [7, 11) is -4.21. The van der Waals surface area contributed by atoms with Crippen LogP contribution in [0.1, 0.15) is 48.1 Å². The number of ether oxygens (including phenoxy) is 3. The number of alkyl carbamates (subject to hydrolysis) is 1. The average molecular weight is 720 g/mol. The Balaban J connectivity index is 1.25. The van der Waals surface area contributed by atoms with E-state index in [1.807, 2.05) is 44.2 Å². The van der Waals surface area contributed by atoms with E-state index in [1.54, 1.807) is 38.1 Å². The molecule has 0 saturated carbocycles. The van der Waals surface area contributed by atoms with E-state index in [1.165, 1.54) is 16.4 Å². The number of phenolic OH excluding ortho intramolecular Hbond substituents is 1. The fourth-order valence-corrected chi connectivity index (χ4v) is 8.54. The van der Waals surface area contributed by atoms with Crippen molar-refractivity contribution in [1.29, 1.82) is 0 Å². The molecule has 3 aliphatic heterocycles. The first kappa shape index (κ1) is 36.5. The van der Waals surface area contributed by atoms with Crippen LogP contribution < -0.4 is 10.6 Å². The number of nitrogens with zero attached hydrogens (tertiary/aromatic N) is 1. The topological polar surface area (TPSA) is 164 Å². The molecule has 3 aliphatic rings. The molecule has 6 rings (SSSR count). The summed E-state index contributed by atoms with van der Waals surface area (Å²) in [5.41, 5.74) is 4.01. The third-order valence-electron chi connectivity index (χ3n) is 9.51. The highest BCUT2D eigenvalue weighted by atomic mass is 32.2. The molecule has 0 spiro atoms. The van der Waals surface area contributed by atoms with Gasteiger partial charge in [-0.15, -0.1) is 0 Å². The number of benzene rings is 3. The number of aliphatic hydroxyl groups is 1. The highest BCUT2D eigenvalue weighted by Gasteiger charge is 2.44. The Morgan fingerprint density at radius 2 is 1.80 bits per heavy atom. The molecule has 2 amide bonds. The van der Waals surface area contributed by atoms with Gasteiger partial charge in [0.1, 0.15) is 11.9 Å². The lowest BCUT2D eigenvalue weighted by atomic mass is 10.0. The van der Waals surface area contributed by atoms with Crippen molar-refractivity contribution >= 4 is 39.4 Å². The molecule has 5 atom stereocenters. The van der Waals surface area contributed by atoms with E-state index < -0.39 is 40.7 Å². The number of aryl methyl sites for hydroxylation is 2. The number of hydrogen-bond donors (Lipinski definition) is 4. The van der Waals surface area contributed by atoms with E-state index >= 15 is 0 Å². The summed E-state index contributed by atoms with van der Waals surface area (Å²) in [6, 6.07) is 16.4. The predicted octanol–water partition coefficient (Wildman–Crippen LogP) is 4.61. The first-order chi connectivity index (χ1) is 24.3. The van der Waals surface area contributed by atoms with E-state index in [2.05, 4.69) is 10.6 Å². The minimum atomic E-state index is -4.21. The maximum Gasteiger partial charge on any atom is 0.407 e. The molecule has 3 aromatic rings. The van der Waals surface area contributed by atoms with Gasteiger partial charge in [-0.3, -0.25) is 4.79 Å². The van der Waals surface area contributed by atoms with Crippen LogP contribution in [0.4, 0.5) is 10.5 Å². The second-order valence-corrected chi connectivity index (χ2v) is 15.9. The lowest BCUT2D eigenvalue weighted by Gasteiger charge is -2.31. The number of nitrogens with one attached hydrogen (secondary N) is 2. The van der Waals surface area contributed by atoms with Crippen molar-refractivity contribution in [2.45, 2.75) is 70.0 Å². The third kappa shape index (κ3) is 8.13. The molecule has 12 nitrogen and oxygen atoms in total. The van der Waals surface area contributed by atoms with Crippen molar-refractivity contribution in [3.05, 3.63) is 88.5 Å². The number of aliphatic hydroxyl groups excluding tert-OH is 1. The molecule has 3 aromatic carbocycles. The van der Waals surface area contributed by atoms with Crippen LogP contribution in [0, 0.1) is 25.7 Å². The second-order valence-electron chi connectivity index (χ2n) is 13.9. The Bertz CT molecular complexity index is 1890. The van der Waals surface area contributed by atoms with Gasteiger partial charge in [0.05, 0.1) is 36.2 Å². The minimum Gasteiger partial charge on any atom is -0.507 e. The molecule has 4 N–H and O–H groups in total. The van der Waals surface area contributed by atoms with Gasteiger partial charge in [-0.1, -0.05) is 44.2 Å². The lowest BCUT2D eigenvalue weighted by molar-refractivity contribution is -0.110. The number of carbonyl (C=O) groups is 2.